The summed E-state index contributed by atoms with van der Waals surface area (Å²) in [5.74, 6) is 0.312. The van der Waals surface area contributed by atoms with E-state index in [1.54, 1.807) is 0 Å². The van der Waals surface area contributed by atoms with Crippen LogP contribution in [0.2, 0.25) is 0 Å². The Hall–Kier alpha value is -1.35. The van der Waals surface area contributed by atoms with Crippen LogP contribution in [0.4, 0.5) is 0 Å². The molecular formula is C14H21N3. The largest absolute Gasteiger partial charge is 0.387 e. The molecule has 0 aliphatic carbocycles. The van der Waals surface area contributed by atoms with Crippen molar-refractivity contribution >= 4 is 5.84 Å². The van der Waals surface area contributed by atoms with Crippen molar-refractivity contribution in [3.05, 3.63) is 35.9 Å². The second-order valence-electron chi connectivity index (χ2n) is 4.90. The Morgan fingerprint density at radius 3 is 2.71 bits per heavy atom. The maximum atomic E-state index is 7.77. The van der Waals surface area contributed by atoms with Gasteiger partial charge in [0.25, 0.3) is 0 Å². The van der Waals surface area contributed by atoms with Crippen molar-refractivity contribution in [2.45, 2.75) is 31.7 Å². The molecule has 0 spiro atoms. The smallest absolute Gasteiger partial charge is 0.0995 e. The lowest BCUT2D eigenvalue weighted by atomic mass is 9.97. The summed E-state index contributed by atoms with van der Waals surface area (Å²) in [7, 11) is 0. The lowest BCUT2D eigenvalue weighted by Gasteiger charge is -2.26. The van der Waals surface area contributed by atoms with E-state index >= 15 is 0 Å². The molecule has 3 nitrogen and oxygen atoms in total. The molecule has 0 saturated carbocycles. The Morgan fingerprint density at radius 1 is 1.47 bits per heavy atom. The molecule has 0 aromatic heterocycles. The van der Waals surface area contributed by atoms with Gasteiger partial charge < -0.3 is 5.73 Å². The topological polar surface area (TPSA) is 53.1 Å². The minimum atomic E-state index is 0.0387. The number of hydrogen-bond donors (Lipinski definition) is 2. The molecule has 1 aliphatic heterocycles. The molecular weight excluding hydrogens is 210 g/mol. The first kappa shape index (κ1) is 12.1. The normalized spacial score (nSPS) is 22.5. The lowest BCUT2D eigenvalue weighted by molar-refractivity contribution is 0.265. The molecule has 3 N–H and O–H groups in total. The summed E-state index contributed by atoms with van der Waals surface area (Å²) in [6.07, 6.45) is 2.53. The van der Waals surface area contributed by atoms with Gasteiger partial charge in [0.2, 0.25) is 0 Å². The summed E-state index contributed by atoms with van der Waals surface area (Å²) in [4.78, 5) is 2.44. The van der Waals surface area contributed by atoms with Crippen LogP contribution in [0.3, 0.4) is 0 Å². The van der Waals surface area contributed by atoms with Crippen molar-refractivity contribution in [1.29, 1.82) is 5.41 Å². The Kier molecular flexibility index (Phi) is 3.79. The fourth-order valence-corrected chi connectivity index (χ4v) is 2.57. The average Bonchev–Trinajstić information content (AvgIpc) is 2.72. The number of nitrogens with zero attached hydrogens (tertiary/aromatic N) is 1. The number of rotatable bonds is 4. The van der Waals surface area contributed by atoms with Gasteiger partial charge in [0, 0.05) is 12.6 Å². The number of hydrogen-bond acceptors (Lipinski definition) is 2. The first-order valence-corrected chi connectivity index (χ1v) is 6.31. The van der Waals surface area contributed by atoms with Crippen LogP contribution < -0.4 is 5.73 Å². The third-order valence-electron chi connectivity index (χ3n) is 3.69. The van der Waals surface area contributed by atoms with Gasteiger partial charge in [0.1, 0.15) is 0 Å². The van der Waals surface area contributed by atoms with E-state index in [0.717, 1.165) is 18.7 Å². The standard InChI is InChI=1S/C14H21N3/c1-11-6-5-9-17(11)10-13(14(15)16)12-7-3-2-4-8-12/h2-4,7-8,11,13H,5-6,9-10H2,1H3,(H3,15,16). The molecule has 2 rings (SSSR count). The Labute approximate surface area is 103 Å². The first-order valence-electron chi connectivity index (χ1n) is 6.31. The number of amidine groups is 1. The van der Waals surface area contributed by atoms with Crippen molar-refractivity contribution in [3.8, 4) is 0 Å². The third-order valence-corrected chi connectivity index (χ3v) is 3.69. The van der Waals surface area contributed by atoms with E-state index in [4.69, 9.17) is 11.1 Å². The zero-order valence-electron chi connectivity index (χ0n) is 10.4. The molecule has 0 radical (unpaired) electrons. The first-order chi connectivity index (χ1) is 8.18. The van der Waals surface area contributed by atoms with E-state index in [9.17, 15) is 0 Å². The minimum Gasteiger partial charge on any atom is -0.387 e. The van der Waals surface area contributed by atoms with E-state index in [0.29, 0.717) is 6.04 Å². The van der Waals surface area contributed by atoms with Gasteiger partial charge in [-0.25, -0.2) is 0 Å². The molecule has 1 heterocycles. The van der Waals surface area contributed by atoms with E-state index in [1.165, 1.54) is 12.8 Å². The second-order valence-corrected chi connectivity index (χ2v) is 4.90. The zero-order chi connectivity index (χ0) is 12.3. The van der Waals surface area contributed by atoms with Crippen molar-refractivity contribution in [1.82, 2.24) is 4.90 Å². The minimum absolute atomic E-state index is 0.0387. The fourth-order valence-electron chi connectivity index (χ4n) is 2.57. The van der Waals surface area contributed by atoms with Gasteiger partial charge in [-0.15, -0.1) is 0 Å². The molecule has 1 aromatic rings. The molecule has 1 saturated heterocycles. The quantitative estimate of drug-likeness (QED) is 0.616. The van der Waals surface area contributed by atoms with Crippen LogP contribution in [-0.2, 0) is 0 Å². The molecule has 1 fully saturated rings. The predicted molar refractivity (Wildman–Crippen MR) is 71.4 cm³/mol. The molecule has 0 amide bonds. The summed E-state index contributed by atoms with van der Waals surface area (Å²) < 4.78 is 0. The van der Waals surface area contributed by atoms with Crippen LogP contribution in [0, 0.1) is 5.41 Å². The molecule has 3 heteroatoms. The zero-order valence-corrected chi connectivity index (χ0v) is 10.4. The van der Waals surface area contributed by atoms with E-state index < -0.39 is 0 Å². The van der Waals surface area contributed by atoms with Crippen LogP contribution >= 0.6 is 0 Å². The van der Waals surface area contributed by atoms with Crippen LogP contribution in [0.25, 0.3) is 0 Å². The fraction of sp³-hybridized carbons (Fsp3) is 0.500. The number of benzene rings is 1. The highest BCUT2D eigenvalue weighted by Gasteiger charge is 2.25. The van der Waals surface area contributed by atoms with Gasteiger partial charge in [0.05, 0.1) is 11.8 Å². The van der Waals surface area contributed by atoms with E-state index in [1.807, 2.05) is 18.2 Å². The van der Waals surface area contributed by atoms with Crippen molar-refractivity contribution in [2.24, 2.45) is 5.73 Å². The number of nitrogens with one attached hydrogen (secondary N) is 1. The average molecular weight is 231 g/mol. The van der Waals surface area contributed by atoms with Gasteiger partial charge in [-0.1, -0.05) is 30.3 Å². The van der Waals surface area contributed by atoms with E-state index in [2.05, 4.69) is 24.0 Å². The molecule has 0 bridgehead atoms. The highest BCUT2D eigenvalue weighted by Crippen LogP contribution is 2.23. The third kappa shape index (κ3) is 2.86. The van der Waals surface area contributed by atoms with Crippen LogP contribution in [-0.4, -0.2) is 29.9 Å². The predicted octanol–water partition coefficient (Wildman–Crippen LogP) is 2.19. The second kappa shape index (κ2) is 5.32. The maximum absolute atomic E-state index is 7.77. The van der Waals surface area contributed by atoms with Gasteiger partial charge in [-0.2, -0.15) is 0 Å². The Morgan fingerprint density at radius 2 is 2.18 bits per heavy atom. The molecule has 92 valence electrons. The van der Waals surface area contributed by atoms with Gasteiger partial charge in [-0.3, -0.25) is 10.3 Å². The van der Waals surface area contributed by atoms with Crippen LogP contribution in [0.5, 0.6) is 0 Å². The summed E-state index contributed by atoms with van der Waals surface area (Å²) in [6.45, 7) is 4.27. The van der Waals surface area contributed by atoms with Crippen LogP contribution in [0.1, 0.15) is 31.2 Å². The summed E-state index contributed by atoms with van der Waals surface area (Å²) in [5, 5.41) is 7.77. The number of nitrogens with two attached hydrogens (primary N) is 1. The number of likely N-dealkylation sites (tertiary alicyclic amines) is 1. The highest BCUT2D eigenvalue weighted by molar-refractivity contribution is 5.84. The van der Waals surface area contributed by atoms with Crippen molar-refractivity contribution in [2.75, 3.05) is 13.1 Å². The van der Waals surface area contributed by atoms with E-state index in [-0.39, 0.29) is 11.8 Å². The van der Waals surface area contributed by atoms with Gasteiger partial charge in [0.15, 0.2) is 0 Å². The molecule has 1 aromatic carbocycles. The van der Waals surface area contributed by atoms with Gasteiger partial charge >= 0.3 is 0 Å². The van der Waals surface area contributed by atoms with Crippen LogP contribution in [0.15, 0.2) is 30.3 Å². The maximum Gasteiger partial charge on any atom is 0.0995 e. The summed E-state index contributed by atoms with van der Waals surface area (Å²) in [6, 6.07) is 10.8. The summed E-state index contributed by atoms with van der Waals surface area (Å²) >= 11 is 0. The molecule has 17 heavy (non-hydrogen) atoms. The Balaban J connectivity index is 2.11. The molecule has 2 atom stereocenters. The Bertz CT molecular complexity index is 374. The SMILES string of the molecule is CC1CCCN1CC(C(=N)N)c1ccccc1. The summed E-state index contributed by atoms with van der Waals surface area (Å²) in [5.41, 5.74) is 6.90. The lowest BCUT2D eigenvalue weighted by Crippen LogP contribution is -2.36. The molecule has 2 unspecified atom stereocenters. The monoisotopic (exact) mass is 231 g/mol. The van der Waals surface area contributed by atoms with Crippen molar-refractivity contribution in [3.63, 3.8) is 0 Å². The molecule has 1 aliphatic rings. The highest BCUT2D eigenvalue weighted by atomic mass is 15.2. The van der Waals surface area contributed by atoms with Crippen molar-refractivity contribution < 1.29 is 0 Å². The van der Waals surface area contributed by atoms with Gasteiger partial charge in [-0.05, 0) is 31.9 Å².